The van der Waals surface area contributed by atoms with Gasteiger partial charge in [-0.3, -0.25) is 0 Å². The average Bonchev–Trinajstić information content (AvgIpc) is 1.53. The van der Waals surface area contributed by atoms with Gasteiger partial charge in [-0.05, 0) is 293 Å². The van der Waals surface area contributed by atoms with Crippen LogP contribution in [0.3, 0.4) is 0 Å². The molecule has 19 aromatic rings. The summed E-state index contributed by atoms with van der Waals surface area (Å²) < 4.78 is 119. The number of hydrogen-bond donors (Lipinski definition) is 0. The molecule has 0 saturated heterocycles. The molecule has 1 heterocycles. The van der Waals surface area contributed by atoms with Crippen LogP contribution in [0.1, 0.15) is 55.6 Å². The van der Waals surface area contributed by atoms with E-state index in [9.17, 15) is 8.78 Å². The van der Waals surface area contributed by atoms with Crippen molar-refractivity contribution >= 4 is 68.2 Å². The maximum Gasteiger partial charge on any atom is 0.137 e. The second-order valence-corrected chi connectivity index (χ2v) is 31.4. The number of nitrogens with zero attached hydrogens (tertiary/aromatic N) is 2. The lowest BCUT2D eigenvalue weighted by atomic mass is 9.67. The molecule has 21 rings (SSSR count). The zero-order valence-electron chi connectivity index (χ0n) is 67.1. The molecule has 0 radical (unpaired) electrons. The molecular weight excluding hydrogens is 1560 g/mol. The molecular formula is C114H72F6N2O3. The summed E-state index contributed by atoms with van der Waals surface area (Å²) in [5.41, 5.74) is 18.2. The summed E-state index contributed by atoms with van der Waals surface area (Å²) in [6.07, 6.45) is 3.53. The molecule has 0 aliphatic heterocycles. The molecule has 2 atom stereocenters. The summed E-state index contributed by atoms with van der Waals surface area (Å²) in [6.45, 7) is 7.80. The molecule has 5 nitrogen and oxygen atoms in total. The highest BCUT2D eigenvalue weighted by atomic mass is 19.2. The van der Waals surface area contributed by atoms with E-state index in [1.165, 1.54) is 60.7 Å². The topological polar surface area (TPSA) is 38.1 Å². The van der Waals surface area contributed by atoms with E-state index in [0.29, 0.717) is 90.3 Å². The van der Waals surface area contributed by atoms with E-state index in [1.807, 2.05) is 218 Å². The van der Waals surface area contributed by atoms with Crippen LogP contribution in [0.4, 0.5) is 60.5 Å². The first kappa shape index (κ1) is 76.4. The molecule has 18 aromatic carbocycles. The second-order valence-electron chi connectivity index (χ2n) is 31.4. The summed E-state index contributed by atoms with van der Waals surface area (Å²) in [7, 11) is 0. The molecule has 0 bridgehead atoms. The molecule has 598 valence electrons. The van der Waals surface area contributed by atoms with Crippen molar-refractivity contribution in [3.63, 3.8) is 0 Å². The summed E-state index contributed by atoms with van der Waals surface area (Å²) in [4.78, 5) is 4.26. The van der Waals surface area contributed by atoms with Crippen molar-refractivity contribution in [1.82, 2.24) is 0 Å². The molecule has 11 heteroatoms. The van der Waals surface area contributed by atoms with Crippen LogP contribution in [0.25, 0.3) is 101 Å². The minimum Gasteiger partial charge on any atom is -0.457 e. The first-order valence-electron chi connectivity index (χ1n) is 41.2. The van der Waals surface area contributed by atoms with Gasteiger partial charge in [-0.25, -0.2) is 26.3 Å². The molecule has 2 aliphatic carbocycles. The van der Waals surface area contributed by atoms with Gasteiger partial charge in [-0.15, -0.1) is 0 Å². The number of anilines is 6. The van der Waals surface area contributed by atoms with Crippen LogP contribution in [-0.2, 0) is 10.8 Å². The van der Waals surface area contributed by atoms with Crippen LogP contribution in [0, 0.1) is 34.9 Å². The Morgan fingerprint density at radius 2 is 0.544 bits per heavy atom. The summed E-state index contributed by atoms with van der Waals surface area (Å²) in [5.74, 6) is -1.24. The lowest BCUT2D eigenvalue weighted by Crippen LogP contribution is -2.31. The fourth-order valence-electron chi connectivity index (χ4n) is 18.7. The van der Waals surface area contributed by atoms with Gasteiger partial charge in [0.15, 0.2) is 0 Å². The molecule has 0 amide bonds. The summed E-state index contributed by atoms with van der Waals surface area (Å²) >= 11 is 0. The maximum absolute atomic E-state index is 17.6. The monoisotopic (exact) mass is 1630 g/mol. The third kappa shape index (κ3) is 13.3. The van der Waals surface area contributed by atoms with Crippen molar-refractivity contribution in [3.8, 4) is 89.8 Å². The summed E-state index contributed by atoms with van der Waals surface area (Å²) in [6, 6.07) is 124. The van der Waals surface area contributed by atoms with Crippen molar-refractivity contribution in [1.29, 1.82) is 0 Å². The number of furan rings is 1. The third-order valence-electron chi connectivity index (χ3n) is 24.5. The van der Waals surface area contributed by atoms with E-state index in [-0.39, 0.29) is 22.8 Å². The molecule has 0 fully saturated rings. The van der Waals surface area contributed by atoms with Gasteiger partial charge in [-0.2, -0.15) is 0 Å². The number of ether oxygens (including phenoxy) is 2. The van der Waals surface area contributed by atoms with E-state index in [0.717, 1.165) is 100 Å². The lowest BCUT2D eigenvalue weighted by Gasteiger charge is -2.35. The maximum atomic E-state index is 17.6. The first-order valence-corrected chi connectivity index (χ1v) is 41.2. The quantitative estimate of drug-likeness (QED) is 0.0711. The van der Waals surface area contributed by atoms with Gasteiger partial charge >= 0.3 is 0 Å². The predicted molar refractivity (Wildman–Crippen MR) is 492 cm³/mol. The van der Waals surface area contributed by atoms with Crippen molar-refractivity contribution in [2.45, 2.75) is 10.8 Å². The Hall–Kier alpha value is -16.0. The highest BCUT2D eigenvalue weighted by Crippen LogP contribution is 2.61. The van der Waals surface area contributed by atoms with Gasteiger partial charge in [0.2, 0.25) is 0 Å². The minimum atomic E-state index is -1.56. The van der Waals surface area contributed by atoms with E-state index in [2.05, 4.69) is 120 Å². The van der Waals surface area contributed by atoms with Crippen molar-refractivity contribution in [3.05, 3.63) is 504 Å². The number of halogens is 6. The molecule has 2 aliphatic rings. The highest BCUT2D eigenvalue weighted by molar-refractivity contribution is 6.08. The number of benzene rings is 18. The zero-order chi connectivity index (χ0) is 84.6. The molecule has 0 saturated carbocycles. The van der Waals surface area contributed by atoms with Gasteiger partial charge in [-0.1, -0.05) is 232 Å². The van der Waals surface area contributed by atoms with Crippen LogP contribution in [0.5, 0.6) is 23.0 Å². The van der Waals surface area contributed by atoms with Crippen LogP contribution >= 0.6 is 0 Å². The van der Waals surface area contributed by atoms with Gasteiger partial charge in [0, 0.05) is 68.2 Å². The van der Waals surface area contributed by atoms with Crippen LogP contribution in [-0.4, -0.2) is 0 Å². The fraction of sp³-hybridized carbons (Fsp3) is 0.0175. The number of fused-ring (bicyclic) bond motifs is 9. The van der Waals surface area contributed by atoms with Crippen molar-refractivity contribution < 1.29 is 40.2 Å². The van der Waals surface area contributed by atoms with Crippen LogP contribution < -0.4 is 19.3 Å². The standard InChI is InChI=1S/C114H72F6N2O3/c1-3-71-25-53-91(54-26-71)123-93-57-37-81(38-58-93)113(111-105(117)21-11-22-106(111)118)101-19-7-5-17-95(101)97-61-49-87(67-103(97)113)121(85-45-33-75(34-46-85)79-15-9-13-77(65-79)73-29-41-83(115)42-30-73)89-51-63-99-100-64-52-90(70-110(100)125-109(99)69-89)122(86-47-35-76(36-48-86)80-16-10-14-78(66-80)74-31-43-84(116)44-32-74)88-50-62-98-96-18-6-8-20-102(96)114(104(98)68-88,112-107(119)23-12-24-108(112)120)82-39-59-94(60-40-82)124-92-55-27-72(4-2)28-56-92/h3-70H,1-2H2. The molecule has 125 heavy (non-hydrogen) atoms. The Morgan fingerprint density at radius 3 is 0.896 bits per heavy atom. The van der Waals surface area contributed by atoms with Crippen molar-refractivity contribution in [2.75, 3.05) is 9.80 Å². The molecule has 1 aromatic heterocycles. The van der Waals surface area contributed by atoms with E-state index in [4.69, 9.17) is 13.9 Å². The zero-order valence-corrected chi connectivity index (χ0v) is 67.1. The normalized spacial score (nSPS) is 14.1. The van der Waals surface area contributed by atoms with Crippen LogP contribution in [0.2, 0.25) is 0 Å². The average molecular weight is 1630 g/mol. The van der Waals surface area contributed by atoms with E-state index in [1.54, 1.807) is 36.4 Å². The minimum absolute atomic E-state index is 0.132. The van der Waals surface area contributed by atoms with Crippen molar-refractivity contribution in [2.24, 2.45) is 0 Å². The Morgan fingerprint density at radius 1 is 0.248 bits per heavy atom. The van der Waals surface area contributed by atoms with Crippen LogP contribution in [0.15, 0.2) is 418 Å². The highest BCUT2D eigenvalue weighted by Gasteiger charge is 2.51. The second kappa shape index (κ2) is 31.2. The summed E-state index contributed by atoms with van der Waals surface area (Å²) in [5, 5.41) is 1.64. The molecule has 0 spiro atoms. The third-order valence-corrected chi connectivity index (χ3v) is 24.5. The molecule has 0 N–H and O–H groups in total. The Bertz CT molecular complexity index is 6960. The predicted octanol–water partition coefficient (Wildman–Crippen LogP) is 31.6. The number of hydrogen-bond acceptors (Lipinski definition) is 5. The van der Waals surface area contributed by atoms with Gasteiger partial charge in [0.25, 0.3) is 0 Å². The van der Waals surface area contributed by atoms with Gasteiger partial charge < -0.3 is 23.7 Å². The van der Waals surface area contributed by atoms with Gasteiger partial charge in [0.1, 0.15) is 69.1 Å². The Labute approximate surface area is 718 Å². The van der Waals surface area contributed by atoms with E-state index < -0.39 is 34.1 Å². The fourth-order valence-corrected chi connectivity index (χ4v) is 18.7. The first-order chi connectivity index (χ1) is 61.2. The Kier molecular flexibility index (Phi) is 19.1. The molecule has 2 unspecified atom stereocenters. The SMILES string of the molecule is C=Cc1ccc(Oc2ccc(C3(c4c(F)cccc4F)c4ccccc4-c4ccc(N(c5ccc(-c6cccc(-c7ccc(F)cc7)c6)cc5)c5ccc6c(c5)oc5cc(N(c7ccc(-c8cccc(-c9ccc(F)cc9)c8)cc7)c7ccc8c(c7)C(c7ccc(Oc9ccc(C=C)cc9)cc7)(c7c(F)cccc7F)c7ccccc7-8)ccc56)cc43)cc2)cc1. The van der Waals surface area contributed by atoms with Gasteiger partial charge in [0.05, 0.1) is 10.8 Å². The smallest absolute Gasteiger partial charge is 0.137 e. The number of rotatable bonds is 20. The lowest BCUT2D eigenvalue weighted by molar-refractivity contribution is 0.481. The largest absolute Gasteiger partial charge is 0.457 e. The van der Waals surface area contributed by atoms with E-state index >= 15 is 17.6 Å². The Balaban J connectivity index is 0.724.